The van der Waals surface area contributed by atoms with Gasteiger partial charge in [-0.05, 0) is 57.8 Å². The minimum Gasteiger partial charge on any atom is -0.330 e. The molecule has 0 aromatic rings. The second-order valence-corrected chi connectivity index (χ2v) is 4.70. The molecule has 2 heteroatoms. The van der Waals surface area contributed by atoms with Crippen LogP contribution in [0.4, 0.5) is 0 Å². The summed E-state index contributed by atoms with van der Waals surface area (Å²) in [5.74, 6) is 1.42. The van der Waals surface area contributed by atoms with Crippen molar-refractivity contribution in [2.45, 2.75) is 0 Å². The Balaban J connectivity index is 0.000000318. The average Bonchev–Trinajstić information content (AvgIpc) is 2.71. The van der Waals surface area contributed by atoms with Gasteiger partial charge in [0.1, 0.15) is 0 Å². The third kappa shape index (κ3) is 8.61. The van der Waals surface area contributed by atoms with Gasteiger partial charge in [0.15, 0.2) is 0 Å². The summed E-state index contributed by atoms with van der Waals surface area (Å²) in [6, 6.07) is 0. The molecule has 0 aliphatic heterocycles. The van der Waals surface area contributed by atoms with Crippen LogP contribution in [0.3, 0.4) is 0 Å². The molecule has 2 aliphatic rings. The maximum absolute atomic E-state index is 2.20. The quantitative estimate of drug-likeness (QED) is 0.525. The first-order valence-corrected chi connectivity index (χ1v) is 5.26. The number of hydrogen-bond acceptors (Lipinski definition) is 0. The van der Waals surface area contributed by atoms with Gasteiger partial charge in [-0.2, -0.15) is 0 Å². The van der Waals surface area contributed by atoms with Crippen molar-refractivity contribution in [3.8, 4) is 0 Å². The van der Waals surface area contributed by atoms with Crippen molar-refractivity contribution < 1.29 is 21.6 Å². The number of nitrogens with zero attached hydrogens (tertiary/aromatic N) is 1. The van der Waals surface area contributed by atoms with Gasteiger partial charge in [0.25, 0.3) is 0 Å². The van der Waals surface area contributed by atoms with Crippen LogP contribution in [-0.2, 0) is 17.1 Å². The third-order valence-corrected chi connectivity index (χ3v) is 1.94. The minimum absolute atomic E-state index is 0. The molecular weight excluding hydrogens is 238 g/mol. The van der Waals surface area contributed by atoms with Crippen LogP contribution in [0, 0.1) is 63.7 Å². The maximum atomic E-state index is 2.20. The maximum Gasteiger partial charge on any atom is 2.00 e. The summed E-state index contributed by atoms with van der Waals surface area (Å²) < 4.78 is 1.00. The van der Waals surface area contributed by atoms with Crippen LogP contribution in [0.5, 0.6) is 0 Å². The van der Waals surface area contributed by atoms with Crippen molar-refractivity contribution in [3.63, 3.8) is 0 Å². The van der Waals surface area contributed by atoms with E-state index < -0.39 is 0 Å². The zero-order valence-electron chi connectivity index (χ0n) is 10.2. The Morgan fingerprint density at radius 1 is 0.750 bits per heavy atom. The number of quaternary nitrogens is 1. The fourth-order valence-electron chi connectivity index (χ4n) is 1.39. The second-order valence-electron chi connectivity index (χ2n) is 4.70. The van der Waals surface area contributed by atoms with Crippen molar-refractivity contribution in [1.29, 1.82) is 0 Å². The van der Waals surface area contributed by atoms with E-state index in [1.165, 1.54) is 5.92 Å². The van der Waals surface area contributed by atoms with Crippen molar-refractivity contribution in [2.75, 3.05) is 27.7 Å². The van der Waals surface area contributed by atoms with Crippen molar-refractivity contribution in [3.05, 3.63) is 63.7 Å². The summed E-state index contributed by atoms with van der Waals surface area (Å²) in [4.78, 5) is 0. The van der Waals surface area contributed by atoms with Gasteiger partial charge in [0, 0.05) is 5.92 Å². The fourth-order valence-corrected chi connectivity index (χ4v) is 1.39. The van der Waals surface area contributed by atoms with Gasteiger partial charge in [-0.15, -0.1) is 0 Å². The predicted octanol–water partition coefficient (Wildman–Crippen LogP) is 2.12. The Kier molecular flexibility index (Phi) is 8.81. The van der Waals surface area contributed by atoms with E-state index in [-0.39, 0.29) is 17.1 Å². The van der Waals surface area contributed by atoms with Gasteiger partial charge >= 0.3 is 17.1 Å². The van der Waals surface area contributed by atoms with Crippen LogP contribution < -0.4 is 0 Å². The van der Waals surface area contributed by atoms with Crippen LogP contribution in [0.1, 0.15) is 0 Å². The summed E-state index contributed by atoms with van der Waals surface area (Å²) in [5, 5.41) is 0. The zero-order valence-corrected chi connectivity index (χ0v) is 11.3. The normalized spacial score (nSPS) is 21.2. The molecule has 0 aromatic carbocycles. The Morgan fingerprint density at radius 2 is 1.12 bits per heavy atom. The first-order valence-electron chi connectivity index (χ1n) is 5.26. The fraction of sp³-hybridized carbons (Fsp3) is 0.286. The molecule has 0 amide bonds. The molecule has 2 aliphatic carbocycles. The summed E-state index contributed by atoms with van der Waals surface area (Å²) in [5.41, 5.74) is 0. The second kappa shape index (κ2) is 8.55. The van der Waals surface area contributed by atoms with Crippen molar-refractivity contribution >= 4 is 0 Å². The molecule has 2 rings (SSSR count). The monoisotopic (exact) mass is 258 g/mol. The zero-order chi connectivity index (χ0) is 11.1. The average molecular weight is 258 g/mol. The minimum atomic E-state index is 0. The number of hydrogen-bond donors (Lipinski definition) is 0. The van der Waals surface area contributed by atoms with E-state index >= 15 is 0 Å². The molecule has 0 unspecified atom stereocenters. The Labute approximate surface area is 113 Å². The molecule has 0 N–H and O–H groups in total. The van der Waals surface area contributed by atoms with E-state index in [0.29, 0.717) is 0 Å². The van der Waals surface area contributed by atoms with E-state index in [1.54, 1.807) is 0 Å². The molecule has 1 nitrogen and oxygen atoms in total. The molecule has 0 heterocycles. The summed E-state index contributed by atoms with van der Waals surface area (Å²) in [6.45, 7) is 1.12. The first kappa shape index (κ1) is 16.5. The molecule has 2 saturated carbocycles. The molecule has 0 aromatic heterocycles. The Hall–Kier alpha value is 0.479. The largest absolute Gasteiger partial charge is 2.00 e. The van der Waals surface area contributed by atoms with Gasteiger partial charge < -0.3 is 4.48 Å². The van der Waals surface area contributed by atoms with Crippen LogP contribution in [-0.4, -0.2) is 32.2 Å². The summed E-state index contributed by atoms with van der Waals surface area (Å²) in [6.07, 6.45) is 18.5. The van der Waals surface area contributed by atoms with Gasteiger partial charge in [0.05, 0.1) is 27.7 Å². The Morgan fingerprint density at radius 3 is 1.44 bits per heavy atom. The molecule has 10 radical (unpaired) electrons. The predicted molar refractivity (Wildman–Crippen MR) is 64.8 cm³/mol. The van der Waals surface area contributed by atoms with Crippen LogP contribution >= 0.6 is 0 Å². The molecule has 0 atom stereocenters. The standard InChI is InChI=1S/C9H15N.C5H5.Fe/c1-10(2,3)8-9-6-4-5-7-9;1-2-4-5-3-1;/h4-7H,8H2,1-3H3;1-5H;/q+1;;+2. The first-order chi connectivity index (χ1) is 7.08. The smallest absolute Gasteiger partial charge is 0.330 e. The molecule has 0 spiro atoms. The van der Waals surface area contributed by atoms with E-state index in [2.05, 4.69) is 46.8 Å². The summed E-state index contributed by atoms with van der Waals surface area (Å²) >= 11 is 0. The molecule has 16 heavy (non-hydrogen) atoms. The number of rotatable bonds is 2. The topological polar surface area (TPSA) is 0 Å². The van der Waals surface area contributed by atoms with Gasteiger partial charge in [-0.1, -0.05) is 0 Å². The third-order valence-electron chi connectivity index (χ3n) is 1.94. The van der Waals surface area contributed by atoms with Gasteiger partial charge in [-0.3, -0.25) is 0 Å². The van der Waals surface area contributed by atoms with E-state index in [1.807, 2.05) is 32.1 Å². The molecule has 86 valence electrons. The van der Waals surface area contributed by atoms with Gasteiger partial charge in [0.2, 0.25) is 0 Å². The van der Waals surface area contributed by atoms with Crippen molar-refractivity contribution in [2.24, 2.45) is 0 Å². The van der Waals surface area contributed by atoms with Crippen molar-refractivity contribution in [1.82, 2.24) is 0 Å². The van der Waals surface area contributed by atoms with E-state index in [9.17, 15) is 0 Å². The molecule has 2 fully saturated rings. The SMILES string of the molecule is C[N+](C)(C)C[C]1[CH][CH][CH][CH]1.[CH]1[CH][CH][CH][CH]1.[Fe+2]. The molecule has 0 saturated heterocycles. The van der Waals surface area contributed by atoms with E-state index in [0.717, 1.165) is 11.0 Å². The summed E-state index contributed by atoms with van der Waals surface area (Å²) in [7, 11) is 6.60. The molecular formula is C14H20FeN+3. The van der Waals surface area contributed by atoms with Crippen LogP contribution in [0.25, 0.3) is 0 Å². The van der Waals surface area contributed by atoms with Crippen LogP contribution in [0.2, 0.25) is 0 Å². The van der Waals surface area contributed by atoms with E-state index in [4.69, 9.17) is 0 Å². The molecule has 0 bridgehead atoms. The van der Waals surface area contributed by atoms with Crippen LogP contribution in [0.15, 0.2) is 0 Å². The van der Waals surface area contributed by atoms with Gasteiger partial charge in [-0.25, -0.2) is 0 Å². The Bertz CT molecular complexity index is 145.